The van der Waals surface area contributed by atoms with Crippen LogP contribution in [0.3, 0.4) is 0 Å². The first kappa shape index (κ1) is 8.42. The fourth-order valence-corrected chi connectivity index (χ4v) is 1.58. The van der Waals surface area contributed by atoms with Crippen molar-refractivity contribution in [3.05, 3.63) is 10.8 Å². The Morgan fingerprint density at radius 3 is 2.54 bits per heavy atom. The van der Waals surface area contributed by atoms with Gasteiger partial charge in [-0.15, -0.1) is 15.3 Å². The van der Waals surface area contributed by atoms with E-state index in [0.29, 0.717) is 17.2 Å². The molecule has 13 heavy (non-hydrogen) atoms. The van der Waals surface area contributed by atoms with Gasteiger partial charge in [0.1, 0.15) is 0 Å². The molecule has 0 spiro atoms. The van der Waals surface area contributed by atoms with Crippen LogP contribution in [0.15, 0.2) is 0 Å². The summed E-state index contributed by atoms with van der Waals surface area (Å²) in [7, 11) is 0. The minimum atomic E-state index is -4.40. The van der Waals surface area contributed by atoms with Crippen LogP contribution in [-0.4, -0.2) is 19.8 Å². The first-order valence-electron chi connectivity index (χ1n) is 3.24. The van der Waals surface area contributed by atoms with Gasteiger partial charge in [-0.3, -0.25) is 0 Å². The number of halogens is 3. The second-order valence-corrected chi connectivity index (χ2v) is 3.30. The summed E-state index contributed by atoms with van der Waals surface area (Å²) in [4.78, 5) is 0.157. The predicted molar refractivity (Wildman–Crippen MR) is 38.4 cm³/mol. The van der Waals surface area contributed by atoms with E-state index in [1.54, 1.807) is 6.92 Å². The normalized spacial score (nSPS) is 12.6. The Morgan fingerprint density at radius 2 is 2.00 bits per heavy atom. The Labute approximate surface area is 74.0 Å². The molecule has 2 rings (SSSR count). The van der Waals surface area contributed by atoms with Crippen LogP contribution in [0.1, 0.15) is 10.8 Å². The highest BCUT2D eigenvalue weighted by Gasteiger charge is 2.36. The molecule has 0 aliphatic carbocycles. The molecule has 2 aromatic heterocycles. The lowest BCUT2D eigenvalue weighted by atomic mass is 10.7. The van der Waals surface area contributed by atoms with Crippen LogP contribution in [0.5, 0.6) is 0 Å². The van der Waals surface area contributed by atoms with Gasteiger partial charge in [0.05, 0.1) is 0 Å². The summed E-state index contributed by atoms with van der Waals surface area (Å²) in [6.07, 6.45) is -4.40. The molecule has 0 bridgehead atoms. The SMILES string of the molecule is Cc1nnc2sc(C(F)(F)F)nn12. The molecule has 2 aromatic rings. The van der Waals surface area contributed by atoms with Crippen molar-refractivity contribution in [2.24, 2.45) is 0 Å². The summed E-state index contributed by atoms with van der Waals surface area (Å²) in [5.74, 6) is 0.349. The Hall–Kier alpha value is -1.18. The highest BCUT2D eigenvalue weighted by molar-refractivity contribution is 7.16. The maximum Gasteiger partial charge on any atom is 0.445 e. The van der Waals surface area contributed by atoms with Crippen LogP contribution in [-0.2, 0) is 6.18 Å². The molecule has 0 saturated heterocycles. The smallest absolute Gasteiger partial charge is 0.187 e. The molecule has 0 fully saturated rings. The van der Waals surface area contributed by atoms with Crippen LogP contribution in [0, 0.1) is 6.92 Å². The molecular weight excluding hydrogens is 205 g/mol. The third-order valence-electron chi connectivity index (χ3n) is 1.39. The van der Waals surface area contributed by atoms with Crippen molar-refractivity contribution < 1.29 is 13.2 Å². The number of fused-ring (bicyclic) bond motifs is 1. The summed E-state index contributed by atoms with van der Waals surface area (Å²) in [6, 6.07) is 0. The lowest BCUT2D eigenvalue weighted by molar-refractivity contribution is -0.138. The quantitative estimate of drug-likeness (QED) is 0.659. The van der Waals surface area contributed by atoms with Crippen molar-refractivity contribution in [2.45, 2.75) is 13.1 Å². The highest BCUT2D eigenvalue weighted by Crippen LogP contribution is 2.32. The van der Waals surface area contributed by atoms with Gasteiger partial charge >= 0.3 is 6.18 Å². The third kappa shape index (κ3) is 1.26. The minimum absolute atomic E-state index is 0.157. The minimum Gasteiger partial charge on any atom is -0.187 e. The number of hydrogen-bond donors (Lipinski definition) is 0. The monoisotopic (exact) mass is 208 g/mol. The van der Waals surface area contributed by atoms with E-state index in [0.717, 1.165) is 4.52 Å². The summed E-state index contributed by atoms with van der Waals surface area (Å²) < 4.78 is 37.4. The lowest BCUT2D eigenvalue weighted by Gasteiger charge is -1.97. The van der Waals surface area contributed by atoms with E-state index in [-0.39, 0.29) is 4.96 Å². The van der Waals surface area contributed by atoms with Crippen LogP contribution in [0.4, 0.5) is 13.2 Å². The Bertz CT molecular complexity index is 442. The number of hydrogen-bond acceptors (Lipinski definition) is 4. The predicted octanol–water partition coefficient (Wildman–Crippen LogP) is 1.51. The van der Waals surface area contributed by atoms with Crippen LogP contribution in [0.25, 0.3) is 4.96 Å². The summed E-state index contributed by atoms with van der Waals surface area (Å²) in [6.45, 7) is 1.54. The first-order chi connectivity index (χ1) is 5.98. The standard InChI is InChI=1S/C5H3F3N4S/c1-2-9-10-4-12(2)11-3(13-4)5(6,7)8/h1H3. The Kier molecular flexibility index (Phi) is 1.56. The number of rotatable bonds is 0. The van der Waals surface area contributed by atoms with Gasteiger partial charge in [0.2, 0.25) is 9.97 Å². The van der Waals surface area contributed by atoms with Crippen molar-refractivity contribution in [2.75, 3.05) is 0 Å². The zero-order valence-electron chi connectivity index (χ0n) is 6.33. The topological polar surface area (TPSA) is 43.1 Å². The van der Waals surface area contributed by atoms with E-state index in [2.05, 4.69) is 15.3 Å². The van der Waals surface area contributed by atoms with Gasteiger partial charge in [-0.05, 0) is 6.92 Å². The molecule has 8 heteroatoms. The van der Waals surface area contributed by atoms with Crippen molar-refractivity contribution >= 4 is 16.3 Å². The molecule has 0 aliphatic heterocycles. The van der Waals surface area contributed by atoms with Gasteiger partial charge in [0.15, 0.2) is 5.82 Å². The highest BCUT2D eigenvalue weighted by atomic mass is 32.1. The van der Waals surface area contributed by atoms with Gasteiger partial charge in [-0.2, -0.15) is 17.7 Å². The van der Waals surface area contributed by atoms with Gasteiger partial charge in [-0.1, -0.05) is 11.3 Å². The molecule has 0 atom stereocenters. The zero-order valence-corrected chi connectivity index (χ0v) is 7.15. The molecule has 0 amide bonds. The first-order valence-corrected chi connectivity index (χ1v) is 4.06. The molecule has 0 N–H and O–H groups in total. The van der Waals surface area contributed by atoms with E-state index in [1.807, 2.05) is 0 Å². The average molecular weight is 208 g/mol. The van der Waals surface area contributed by atoms with E-state index >= 15 is 0 Å². The molecule has 0 radical (unpaired) electrons. The molecule has 70 valence electrons. The van der Waals surface area contributed by atoms with E-state index < -0.39 is 11.2 Å². The Morgan fingerprint density at radius 1 is 1.31 bits per heavy atom. The second kappa shape index (κ2) is 2.41. The third-order valence-corrected chi connectivity index (χ3v) is 2.33. The molecule has 2 heterocycles. The summed E-state index contributed by atoms with van der Waals surface area (Å²) in [5.41, 5.74) is 0. The zero-order chi connectivity index (χ0) is 9.64. The van der Waals surface area contributed by atoms with Gasteiger partial charge in [-0.25, -0.2) is 0 Å². The molecular formula is C5H3F3N4S. The molecule has 0 unspecified atom stereocenters. The maximum absolute atomic E-state index is 12.1. The lowest BCUT2D eigenvalue weighted by Crippen LogP contribution is -2.05. The fraction of sp³-hybridized carbons (Fsp3) is 0.400. The Balaban J connectivity index is 2.63. The van der Waals surface area contributed by atoms with Gasteiger partial charge in [0, 0.05) is 0 Å². The number of aromatic nitrogens is 4. The van der Waals surface area contributed by atoms with E-state index in [4.69, 9.17) is 0 Å². The summed E-state index contributed by atoms with van der Waals surface area (Å²) >= 11 is 0.478. The van der Waals surface area contributed by atoms with Crippen LogP contribution in [0.2, 0.25) is 0 Å². The summed E-state index contributed by atoms with van der Waals surface area (Å²) in [5, 5.41) is 9.52. The average Bonchev–Trinajstić information content (AvgIpc) is 2.51. The second-order valence-electron chi connectivity index (χ2n) is 2.35. The molecule has 0 aromatic carbocycles. The molecule has 0 aliphatic rings. The van der Waals surface area contributed by atoms with Gasteiger partial charge in [0.25, 0.3) is 0 Å². The van der Waals surface area contributed by atoms with Crippen molar-refractivity contribution in [3.8, 4) is 0 Å². The van der Waals surface area contributed by atoms with Crippen LogP contribution >= 0.6 is 11.3 Å². The van der Waals surface area contributed by atoms with Crippen LogP contribution < -0.4 is 0 Å². The van der Waals surface area contributed by atoms with Gasteiger partial charge < -0.3 is 0 Å². The fourth-order valence-electron chi connectivity index (χ4n) is 0.829. The molecule has 0 saturated carbocycles. The largest absolute Gasteiger partial charge is 0.445 e. The maximum atomic E-state index is 12.1. The van der Waals surface area contributed by atoms with Crippen molar-refractivity contribution in [1.82, 2.24) is 19.8 Å². The van der Waals surface area contributed by atoms with E-state index in [9.17, 15) is 13.2 Å². The number of nitrogens with zero attached hydrogens (tertiary/aromatic N) is 4. The number of alkyl halides is 3. The van der Waals surface area contributed by atoms with Crippen molar-refractivity contribution in [3.63, 3.8) is 0 Å². The van der Waals surface area contributed by atoms with Crippen molar-refractivity contribution in [1.29, 1.82) is 0 Å². The van der Waals surface area contributed by atoms with E-state index in [1.165, 1.54) is 0 Å². The number of aryl methyl sites for hydroxylation is 1. The molecule has 4 nitrogen and oxygen atoms in total.